The number of carbonyl (C=O) groups is 1. The zero-order valence-electron chi connectivity index (χ0n) is 17.6. The van der Waals surface area contributed by atoms with Gasteiger partial charge in [-0.1, -0.05) is 36.4 Å². The normalized spacial score (nSPS) is 11.2. The van der Waals surface area contributed by atoms with Crippen molar-refractivity contribution in [2.24, 2.45) is 0 Å². The number of aliphatic carboxylic acids is 1. The molecule has 0 amide bonds. The Labute approximate surface area is 194 Å². The quantitative estimate of drug-likeness (QED) is 0.275. The fourth-order valence-corrected chi connectivity index (χ4v) is 3.97. The summed E-state index contributed by atoms with van der Waals surface area (Å²) in [4.78, 5) is 19.5. The number of rotatable bonds is 8. The van der Waals surface area contributed by atoms with Crippen molar-refractivity contribution in [3.63, 3.8) is 0 Å². The third-order valence-electron chi connectivity index (χ3n) is 4.79. The molecule has 1 aromatic heterocycles. The lowest BCUT2D eigenvalue weighted by atomic mass is 10.1. The second-order valence-corrected chi connectivity index (χ2v) is 7.97. The van der Waals surface area contributed by atoms with E-state index in [1.807, 2.05) is 36.4 Å². The van der Waals surface area contributed by atoms with Crippen molar-refractivity contribution in [3.05, 3.63) is 88.3 Å². The fraction of sp³-hybridized carbons (Fsp3) is 0.0800. The molecule has 0 aliphatic heterocycles. The number of carboxylic acids is 1. The number of ether oxygens (including phenoxy) is 2. The zero-order valence-corrected chi connectivity index (χ0v) is 18.4. The predicted octanol–water partition coefficient (Wildman–Crippen LogP) is 5.24. The van der Waals surface area contributed by atoms with Gasteiger partial charge in [-0.2, -0.15) is 5.26 Å². The van der Waals surface area contributed by atoms with Gasteiger partial charge in [0.2, 0.25) is 0 Å². The maximum Gasteiger partial charge on any atom is 0.342 e. The number of H-pyrrole nitrogens is 1. The molecule has 0 radical (unpaired) electrons. The van der Waals surface area contributed by atoms with Gasteiger partial charge in [0, 0.05) is 5.56 Å². The predicted molar refractivity (Wildman–Crippen MR) is 126 cm³/mol. The molecule has 164 valence electrons. The average Bonchev–Trinajstić information content (AvgIpc) is 3.25. The Morgan fingerprint density at radius 3 is 2.70 bits per heavy atom. The number of thioether (sulfide) groups is 1. The molecular formula is C25H19N3O4S. The Morgan fingerprint density at radius 2 is 1.94 bits per heavy atom. The van der Waals surface area contributed by atoms with E-state index >= 15 is 0 Å². The summed E-state index contributed by atoms with van der Waals surface area (Å²) in [6.45, 7) is 0.206. The molecule has 0 aliphatic rings. The molecule has 0 fully saturated rings. The van der Waals surface area contributed by atoms with E-state index in [-0.39, 0.29) is 11.5 Å². The first kappa shape index (κ1) is 22.0. The first-order chi connectivity index (χ1) is 16.1. The van der Waals surface area contributed by atoms with Crippen LogP contribution in [-0.4, -0.2) is 28.2 Å². The van der Waals surface area contributed by atoms with Crippen molar-refractivity contribution in [2.75, 3.05) is 7.11 Å². The Balaban J connectivity index is 1.55. The van der Waals surface area contributed by atoms with Crippen LogP contribution in [0.3, 0.4) is 0 Å². The maximum atomic E-state index is 11.9. The standard InChI is InChI=1S/C25H19N3O4S/c1-31-22-12-16(10-11-21(22)32-15-18-7-3-2-6-17(18)14-26)13-23(24(29)30)33-25-27-19-8-4-5-9-20(19)28-25/h2-13H,15H2,1H3,(H,27,28)(H,29,30)/b23-13-. The van der Waals surface area contributed by atoms with E-state index < -0.39 is 5.97 Å². The van der Waals surface area contributed by atoms with E-state index in [9.17, 15) is 15.2 Å². The van der Waals surface area contributed by atoms with E-state index in [1.165, 1.54) is 7.11 Å². The van der Waals surface area contributed by atoms with Gasteiger partial charge >= 0.3 is 5.97 Å². The minimum Gasteiger partial charge on any atom is -0.493 e. The molecule has 4 aromatic rings. The summed E-state index contributed by atoms with van der Waals surface area (Å²) in [6, 6.07) is 22.0. The molecule has 0 bridgehead atoms. The summed E-state index contributed by atoms with van der Waals surface area (Å²) >= 11 is 1.04. The molecular weight excluding hydrogens is 438 g/mol. The van der Waals surface area contributed by atoms with Crippen LogP contribution in [0.2, 0.25) is 0 Å². The lowest BCUT2D eigenvalue weighted by Gasteiger charge is -2.12. The van der Waals surface area contributed by atoms with Crippen LogP contribution >= 0.6 is 11.8 Å². The third-order valence-corrected chi connectivity index (χ3v) is 5.69. The molecule has 33 heavy (non-hydrogen) atoms. The van der Waals surface area contributed by atoms with Crippen LogP contribution in [0.25, 0.3) is 17.1 Å². The Kier molecular flexibility index (Phi) is 6.62. The van der Waals surface area contributed by atoms with Crippen LogP contribution in [0, 0.1) is 11.3 Å². The SMILES string of the molecule is COc1cc(/C=C(\Sc2nc3ccccc3[nH]2)C(=O)O)ccc1OCc1ccccc1C#N. The number of fused-ring (bicyclic) bond motifs is 1. The number of methoxy groups -OCH3 is 1. The highest BCUT2D eigenvalue weighted by Gasteiger charge is 2.14. The zero-order chi connectivity index (χ0) is 23.2. The molecule has 0 saturated carbocycles. The summed E-state index contributed by atoms with van der Waals surface area (Å²) in [5.41, 5.74) is 3.56. The highest BCUT2D eigenvalue weighted by Crippen LogP contribution is 2.32. The van der Waals surface area contributed by atoms with Gasteiger partial charge in [0.25, 0.3) is 0 Å². The number of benzene rings is 3. The number of hydrogen-bond donors (Lipinski definition) is 2. The lowest BCUT2D eigenvalue weighted by molar-refractivity contribution is -0.131. The molecule has 0 spiro atoms. The molecule has 7 nitrogen and oxygen atoms in total. The number of imidazole rings is 1. The maximum absolute atomic E-state index is 11.9. The molecule has 2 N–H and O–H groups in total. The van der Waals surface area contributed by atoms with Crippen molar-refractivity contribution < 1.29 is 19.4 Å². The molecule has 0 aliphatic carbocycles. The van der Waals surface area contributed by atoms with Crippen molar-refractivity contribution in [1.29, 1.82) is 5.26 Å². The molecule has 0 saturated heterocycles. The molecule has 8 heteroatoms. The van der Waals surface area contributed by atoms with Crippen LogP contribution < -0.4 is 9.47 Å². The van der Waals surface area contributed by atoms with Crippen molar-refractivity contribution in [1.82, 2.24) is 9.97 Å². The van der Waals surface area contributed by atoms with E-state index in [4.69, 9.17) is 9.47 Å². The van der Waals surface area contributed by atoms with Gasteiger partial charge in [0.1, 0.15) is 11.5 Å². The number of nitriles is 1. The molecule has 0 unspecified atom stereocenters. The summed E-state index contributed by atoms with van der Waals surface area (Å²) in [7, 11) is 1.51. The Morgan fingerprint density at radius 1 is 1.15 bits per heavy atom. The highest BCUT2D eigenvalue weighted by molar-refractivity contribution is 8.04. The largest absolute Gasteiger partial charge is 0.493 e. The van der Waals surface area contributed by atoms with Crippen LogP contribution in [0.15, 0.2) is 76.8 Å². The van der Waals surface area contributed by atoms with E-state index in [0.717, 1.165) is 28.4 Å². The summed E-state index contributed by atoms with van der Waals surface area (Å²) in [5.74, 6) is -0.117. The number of nitrogens with one attached hydrogen (secondary N) is 1. The molecule has 3 aromatic carbocycles. The number of aromatic amines is 1. The van der Waals surface area contributed by atoms with Gasteiger partial charge < -0.3 is 19.6 Å². The monoisotopic (exact) mass is 457 g/mol. The molecule has 0 atom stereocenters. The second kappa shape index (κ2) is 9.94. The minimum absolute atomic E-state index is 0.104. The van der Waals surface area contributed by atoms with Gasteiger partial charge in [0.05, 0.1) is 29.8 Å². The number of para-hydroxylation sites is 2. The number of aromatic nitrogens is 2. The topological polar surface area (TPSA) is 108 Å². The Bertz CT molecular complexity index is 1350. The van der Waals surface area contributed by atoms with E-state index in [2.05, 4.69) is 16.0 Å². The summed E-state index contributed by atoms with van der Waals surface area (Å²) in [6.07, 6.45) is 1.55. The minimum atomic E-state index is -1.06. The van der Waals surface area contributed by atoms with E-state index in [1.54, 1.807) is 36.4 Å². The number of hydrogen-bond acceptors (Lipinski definition) is 6. The molecule has 4 rings (SSSR count). The van der Waals surface area contributed by atoms with Gasteiger partial charge in [-0.25, -0.2) is 9.78 Å². The van der Waals surface area contributed by atoms with E-state index in [0.29, 0.717) is 27.8 Å². The Hall–Kier alpha value is -4.22. The number of nitrogens with zero attached hydrogens (tertiary/aromatic N) is 2. The average molecular weight is 458 g/mol. The van der Waals surface area contributed by atoms with Crippen LogP contribution in [0.4, 0.5) is 0 Å². The van der Waals surface area contributed by atoms with Crippen LogP contribution in [-0.2, 0) is 11.4 Å². The number of carboxylic acid groups (broad SMARTS) is 1. The van der Waals surface area contributed by atoms with Crippen LogP contribution in [0.5, 0.6) is 11.5 Å². The highest BCUT2D eigenvalue weighted by atomic mass is 32.2. The van der Waals surface area contributed by atoms with Gasteiger partial charge in [-0.3, -0.25) is 0 Å². The van der Waals surface area contributed by atoms with Gasteiger partial charge in [-0.15, -0.1) is 0 Å². The second-order valence-electron chi connectivity index (χ2n) is 6.94. The smallest absolute Gasteiger partial charge is 0.342 e. The van der Waals surface area contributed by atoms with Crippen molar-refractivity contribution >= 4 is 34.8 Å². The molecule has 1 heterocycles. The first-order valence-electron chi connectivity index (χ1n) is 9.94. The van der Waals surface area contributed by atoms with Gasteiger partial charge in [-0.05, 0) is 53.7 Å². The first-order valence-corrected chi connectivity index (χ1v) is 10.8. The summed E-state index contributed by atoms with van der Waals surface area (Å²) in [5, 5.41) is 19.4. The van der Waals surface area contributed by atoms with Gasteiger partial charge in [0.15, 0.2) is 16.7 Å². The third kappa shape index (κ3) is 5.17. The van der Waals surface area contributed by atoms with Crippen molar-refractivity contribution in [3.8, 4) is 17.6 Å². The lowest BCUT2D eigenvalue weighted by Crippen LogP contribution is -2.00. The fourth-order valence-electron chi connectivity index (χ4n) is 3.17. The summed E-state index contributed by atoms with van der Waals surface area (Å²) < 4.78 is 11.3. The van der Waals surface area contributed by atoms with Crippen molar-refractivity contribution in [2.45, 2.75) is 11.8 Å². The van der Waals surface area contributed by atoms with Crippen LogP contribution in [0.1, 0.15) is 16.7 Å².